The van der Waals surface area contributed by atoms with Gasteiger partial charge < -0.3 is 28.3 Å². The molecule has 0 unspecified atom stereocenters. The van der Waals surface area contributed by atoms with Crippen LogP contribution in [0.15, 0.2) is 0 Å². The second-order valence-corrected chi connectivity index (χ2v) is 11.8. The average Bonchev–Trinajstić information content (AvgIpc) is 2.91. The van der Waals surface area contributed by atoms with Gasteiger partial charge in [0.25, 0.3) is 0 Å². The molecule has 0 aromatic heterocycles. The van der Waals surface area contributed by atoms with E-state index < -0.39 is 5.41 Å². The van der Waals surface area contributed by atoms with Crippen molar-refractivity contribution in [1.29, 1.82) is 0 Å². The fourth-order valence-corrected chi connectivity index (χ4v) is 4.29. The Labute approximate surface area is 244 Å². The largest absolute Gasteiger partial charge is 0.355 e. The minimum atomic E-state index is -0.407. The Bertz CT molecular complexity index is 614. The molecule has 9 N–H and O–H groups in total. The zero-order chi connectivity index (χ0) is 30.2. The van der Waals surface area contributed by atoms with Crippen LogP contribution in [0.25, 0.3) is 0 Å². The lowest BCUT2D eigenvalue weighted by molar-refractivity contribution is -0.127. The van der Waals surface area contributed by atoms with E-state index in [2.05, 4.69) is 20.0 Å². The summed E-state index contributed by atoms with van der Waals surface area (Å²) in [4.78, 5) is 44.2. The van der Waals surface area contributed by atoms with Gasteiger partial charge in [0, 0.05) is 24.9 Å². The van der Waals surface area contributed by atoms with Crippen molar-refractivity contribution in [2.45, 2.75) is 72.1 Å². The highest BCUT2D eigenvalue weighted by Crippen LogP contribution is 2.15. The van der Waals surface area contributed by atoms with Crippen molar-refractivity contribution in [1.82, 2.24) is 20.0 Å². The number of unbranched alkanes of at least 4 members (excludes halogenated alkanes) is 1. The van der Waals surface area contributed by atoms with Gasteiger partial charge in [0.15, 0.2) is 5.78 Å². The number of carbonyl (C=O) groups is 3. The van der Waals surface area contributed by atoms with Crippen LogP contribution in [0.2, 0.25) is 0 Å². The SMILES string of the molecule is CC(C)(C)C(=O)CN(CCCCC(=O)CN(CCCN)CCCN)CCCNC(=O)CN(CCCN)CCCN. The Balaban J connectivity index is 4.65. The Hall–Kier alpha value is -1.47. The number of hydrogen-bond acceptors (Lipinski definition) is 10. The van der Waals surface area contributed by atoms with Crippen molar-refractivity contribution in [2.75, 3.05) is 91.6 Å². The first-order valence-electron chi connectivity index (χ1n) is 15.4. The minimum absolute atomic E-state index is 0.00292. The molecule has 0 radical (unpaired) electrons. The zero-order valence-corrected chi connectivity index (χ0v) is 25.9. The van der Waals surface area contributed by atoms with E-state index in [1.807, 2.05) is 20.8 Å². The third-order valence-corrected chi connectivity index (χ3v) is 6.84. The van der Waals surface area contributed by atoms with Crippen LogP contribution in [0.3, 0.4) is 0 Å². The molecule has 40 heavy (non-hydrogen) atoms. The van der Waals surface area contributed by atoms with E-state index in [-0.39, 0.29) is 17.5 Å². The van der Waals surface area contributed by atoms with E-state index in [0.29, 0.717) is 65.3 Å². The van der Waals surface area contributed by atoms with Crippen LogP contribution < -0.4 is 28.3 Å². The standard InChI is InChI=1S/C29H62N8O3/c1-29(2,3)27(39)24-36(17-5-4-11-26(38)23-35(18-6-12-30)19-7-13-31)22-10-16-34-28(40)25-37(20-8-14-32)21-9-15-33/h4-25,30-33H2,1-3H3,(H,34,40). The lowest BCUT2D eigenvalue weighted by Crippen LogP contribution is -2.41. The second-order valence-electron chi connectivity index (χ2n) is 11.8. The molecule has 1 amide bonds. The number of nitrogens with two attached hydrogens (primary N) is 4. The Morgan fingerprint density at radius 2 is 1.00 bits per heavy atom. The van der Waals surface area contributed by atoms with Crippen molar-refractivity contribution >= 4 is 17.5 Å². The quantitative estimate of drug-likeness (QED) is 0.0854. The topological polar surface area (TPSA) is 177 Å². The van der Waals surface area contributed by atoms with Crippen LogP contribution in [0, 0.1) is 5.41 Å². The number of Topliss-reactive ketones (excluding diaryl/α,β-unsaturated/α-hetero) is 2. The summed E-state index contributed by atoms with van der Waals surface area (Å²) < 4.78 is 0. The van der Waals surface area contributed by atoms with Gasteiger partial charge in [-0.05, 0) is 104 Å². The van der Waals surface area contributed by atoms with Gasteiger partial charge in [0.1, 0.15) is 5.78 Å². The maximum atomic E-state index is 12.7. The maximum Gasteiger partial charge on any atom is 0.234 e. The molecular weight excluding hydrogens is 508 g/mol. The van der Waals surface area contributed by atoms with Crippen LogP contribution in [0.4, 0.5) is 0 Å². The molecule has 0 saturated heterocycles. The Morgan fingerprint density at radius 3 is 1.48 bits per heavy atom. The lowest BCUT2D eigenvalue weighted by Gasteiger charge is -2.26. The predicted octanol–water partition coefficient (Wildman–Crippen LogP) is 0.149. The normalized spacial score (nSPS) is 12.1. The van der Waals surface area contributed by atoms with E-state index in [1.165, 1.54) is 0 Å². The zero-order valence-electron chi connectivity index (χ0n) is 25.9. The van der Waals surface area contributed by atoms with Gasteiger partial charge in [-0.3, -0.25) is 29.1 Å². The van der Waals surface area contributed by atoms with Crippen molar-refractivity contribution in [2.24, 2.45) is 28.3 Å². The van der Waals surface area contributed by atoms with Crippen LogP contribution >= 0.6 is 0 Å². The smallest absolute Gasteiger partial charge is 0.234 e. The van der Waals surface area contributed by atoms with Gasteiger partial charge in [-0.2, -0.15) is 0 Å². The molecule has 0 fully saturated rings. The van der Waals surface area contributed by atoms with Gasteiger partial charge >= 0.3 is 0 Å². The molecule has 0 spiro atoms. The first-order chi connectivity index (χ1) is 19.1. The van der Waals surface area contributed by atoms with Gasteiger partial charge in [-0.15, -0.1) is 0 Å². The summed E-state index contributed by atoms with van der Waals surface area (Å²) in [7, 11) is 0. The fourth-order valence-electron chi connectivity index (χ4n) is 4.29. The van der Waals surface area contributed by atoms with Crippen molar-refractivity contribution < 1.29 is 14.4 Å². The molecule has 0 saturated carbocycles. The molecule has 11 heteroatoms. The van der Waals surface area contributed by atoms with Crippen molar-refractivity contribution in [3.63, 3.8) is 0 Å². The number of carbonyl (C=O) groups excluding carboxylic acids is 3. The molecule has 11 nitrogen and oxygen atoms in total. The third-order valence-electron chi connectivity index (χ3n) is 6.84. The molecule has 0 aliphatic carbocycles. The number of nitrogens with zero attached hydrogens (tertiary/aromatic N) is 3. The molecule has 0 aliphatic rings. The fraction of sp³-hybridized carbons (Fsp3) is 0.897. The third kappa shape index (κ3) is 21.3. The summed E-state index contributed by atoms with van der Waals surface area (Å²) in [5.41, 5.74) is 22.1. The van der Waals surface area contributed by atoms with E-state index in [1.54, 1.807) is 0 Å². The second kappa shape index (κ2) is 24.2. The Morgan fingerprint density at radius 1 is 0.575 bits per heavy atom. The monoisotopic (exact) mass is 570 g/mol. The Kier molecular flexibility index (Phi) is 23.3. The highest BCUT2D eigenvalue weighted by Gasteiger charge is 2.23. The summed E-state index contributed by atoms with van der Waals surface area (Å²) in [6.07, 6.45) is 6.36. The van der Waals surface area contributed by atoms with Crippen LogP contribution in [0.1, 0.15) is 72.1 Å². The summed E-state index contributed by atoms with van der Waals surface area (Å²) in [6, 6.07) is 0. The highest BCUT2D eigenvalue weighted by atomic mass is 16.2. The van der Waals surface area contributed by atoms with E-state index in [4.69, 9.17) is 22.9 Å². The van der Waals surface area contributed by atoms with Crippen LogP contribution in [-0.4, -0.2) is 124 Å². The van der Waals surface area contributed by atoms with Gasteiger partial charge in [0.05, 0.1) is 19.6 Å². The number of ketones is 2. The number of hydrogen-bond donors (Lipinski definition) is 5. The molecule has 0 aromatic rings. The van der Waals surface area contributed by atoms with Gasteiger partial charge in [-0.25, -0.2) is 0 Å². The maximum absolute atomic E-state index is 12.7. The number of amides is 1. The van der Waals surface area contributed by atoms with E-state index in [9.17, 15) is 14.4 Å². The molecule has 0 bridgehead atoms. The van der Waals surface area contributed by atoms with Crippen molar-refractivity contribution in [3.8, 4) is 0 Å². The minimum Gasteiger partial charge on any atom is -0.355 e. The molecule has 236 valence electrons. The summed E-state index contributed by atoms with van der Waals surface area (Å²) in [5.74, 6) is 0.427. The van der Waals surface area contributed by atoms with Gasteiger partial charge in [-0.1, -0.05) is 20.8 Å². The predicted molar refractivity (Wildman–Crippen MR) is 165 cm³/mol. The first kappa shape index (κ1) is 38.5. The van der Waals surface area contributed by atoms with Crippen LogP contribution in [0.5, 0.6) is 0 Å². The molecule has 0 atom stereocenters. The number of nitrogens with one attached hydrogen (secondary N) is 1. The molecule has 0 heterocycles. The van der Waals surface area contributed by atoms with Gasteiger partial charge in [0.2, 0.25) is 5.91 Å². The van der Waals surface area contributed by atoms with Crippen LogP contribution in [-0.2, 0) is 14.4 Å². The average molecular weight is 571 g/mol. The summed E-state index contributed by atoms with van der Waals surface area (Å²) >= 11 is 0. The van der Waals surface area contributed by atoms with Crippen molar-refractivity contribution in [3.05, 3.63) is 0 Å². The number of rotatable bonds is 27. The molecule has 0 rings (SSSR count). The molecule has 0 aliphatic heterocycles. The van der Waals surface area contributed by atoms with E-state index in [0.717, 1.165) is 77.7 Å². The highest BCUT2D eigenvalue weighted by molar-refractivity contribution is 5.85. The summed E-state index contributed by atoms with van der Waals surface area (Å²) in [6.45, 7) is 14.6. The summed E-state index contributed by atoms with van der Waals surface area (Å²) in [5, 5.41) is 3.01. The molecular formula is C29H62N8O3. The first-order valence-corrected chi connectivity index (χ1v) is 15.4. The molecule has 0 aromatic carbocycles. The lowest BCUT2D eigenvalue weighted by atomic mass is 9.90. The van der Waals surface area contributed by atoms with E-state index >= 15 is 0 Å².